The van der Waals surface area contributed by atoms with Crippen molar-refractivity contribution < 1.29 is 4.79 Å². The van der Waals surface area contributed by atoms with Gasteiger partial charge in [-0.05, 0) is 36.1 Å². The second-order valence-electron chi connectivity index (χ2n) is 5.19. The van der Waals surface area contributed by atoms with Crippen LogP contribution in [0.4, 0.5) is 11.4 Å². The third-order valence-corrected chi connectivity index (χ3v) is 3.70. The molecule has 104 valence electrons. The number of nitrogen functional groups attached to an aromatic ring is 1. The van der Waals surface area contributed by atoms with E-state index >= 15 is 0 Å². The lowest BCUT2D eigenvalue weighted by atomic mass is 9.99. The lowest BCUT2D eigenvalue weighted by molar-refractivity contribution is -0.118. The smallest absolute Gasteiger partial charge is 0.231 e. The summed E-state index contributed by atoms with van der Waals surface area (Å²) in [6.07, 6.45) is 5.89. The van der Waals surface area contributed by atoms with Crippen LogP contribution in [-0.4, -0.2) is 22.2 Å². The molecule has 2 aromatic rings. The fourth-order valence-corrected chi connectivity index (χ4v) is 2.74. The summed E-state index contributed by atoms with van der Waals surface area (Å²) in [7, 11) is 1.85. The maximum absolute atomic E-state index is 12.5. The highest BCUT2D eigenvalue weighted by molar-refractivity contribution is 5.96. The van der Waals surface area contributed by atoms with Crippen molar-refractivity contribution in [3.8, 4) is 0 Å². The topological polar surface area (TPSA) is 64.2 Å². The van der Waals surface area contributed by atoms with E-state index in [0.717, 1.165) is 41.9 Å². The number of carbonyl (C=O) groups excluding carboxylic acids is 1. The lowest BCUT2D eigenvalue weighted by Crippen LogP contribution is -2.36. The molecule has 20 heavy (non-hydrogen) atoms. The number of carbonyl (C=O) groups is 1. The van der Waals surface area contributed by atoms with Gasteiger partial charge in [0.15, 0.2) is 0 Å². The zero-order valence-electron chi connectivity index (χ0n) is 11.5. The predicted octanol–water partition coefficient (Wildman–Crippen LogP) is 1.52. The van der Waals surface area contributed by atoms with Crippen molar-refractivity contribution in [1.82, 2.24) is 9.78 Å². The van der Waals surface area contributed by atoms with Gasteiger partial charge in [0, 0.05) is 31.2 Å². The molecule has 0 saturated heterocycles. The minimum absolute atomic E-state index is 0.101. The van der Waals surface area contributed by atoms with Crippen molar-refractivity contribution in [3.63, 3.8) is 0 Å². The highest BCUT2D eigenvalue weighted by atomic mass is 16.2. The summed E-state index contributed by atoms with van der Waals surface area (Å²) >= 11 is 0. The van der Waals surface area contributed by atoms with Crippen molar-refractivity contribution in [2.75, 3.05) is 17.2 Å². The van der Waals surface area contributed by atoms with E-state index in [1.165, 1.54) is 0 Å². The number of nitrogens with two attached hydrogens (primary N) is 1. The summed E-state index contributed by atoms with van der Waals surface area (Å²) in [5.41, 5.74) is 9.78. The first-order chi connectivity index (χ1) is 9.65. The van der Waals surface area contributed by atoms with Crippen LogP contribution in [0.1, 0.15) is 17.5 Å². The molecular formula is C15H18N4O. The maximum atomic E-state index is 12.5. The number of amides is 1. The van der Waals surface area contributed by atoms with E-state index in [2.05, 4.69) is 5.10 Å². The van der Waals surface area contributed by atoms with E-state index in [0.29, 0.717) is 6.42 Å². The SMILES string of the molecule is Cn1cc(CC(=O)N2CCCc3c(N)cccc32)cn1. The Morgan fingerprint density at radius 1 is 1.45 bits per heavy atom. The highest BCUT2D eigenvalue weighted by Gasteiger charge is 2.23. The quantitative estimate of drug-likeness (QED) is 0.842. The number of nitrogens with zero attached hydrogens (tertiary/aromatic N) is 3. The molecule has 0 saturated carbocycles. The molecule has 1 amide bonds. The largest absolute Gasteiger partial charge is 0.398 e. The second-order valence-corrected chi connectivity index (χ2v) is 5.19. The van der Waals surface area contributed by atoms with Crippen molar-refractivity contribution in [1.29, 1.82) is 0 Å². The van der Waals surface area contributed by atoms with Gasteiger partial charge in [-0.25, -0.2) is 0 Å². The molecule has 1 aliphatic heterocycles. The standard InChI is InChI=1S/C15H18N4O/c1-18-10-11(9-17-18)8-15(20)19-7-3-4-12-13(16)5-2-6-14(12)19/h2,5-6,9-10H,3-4,7-8,16H2,1H3. The molecule has 0 radical (unpaired) electrons. The van der Waals surface area contributed by atoms with Crippen LogP contribution in [0.3, 0.4) is 0 Å². The van der Waals surface area contributed by atoms with Crippen LogP contribution in [0, 0.1) is 0 Å². The van der Waals surface area contributed by atoms with Crippen LogP contribution in [0.5, 0.6) is 0 Å². The first-order valence-corrected chi connectivity index (χ1v) is 6.80. The van der Waals surface area contributed by atoms with Gasteiger partial charge in [-0.2, -0.15) is 5.10 Å². The molecule has 0 fully saturated rings. The Morgan fingerprint density at radius 2 is 2.30 bits per heavy atom. The van der Waals surface area contributed by atoms with Crippen LogP contribution in [0.15, 0.2) is 30.6 Å². The van der Waals surface area contributed by atoms with Gasteiger partial charge >= 0.3 is 0 Å². The Bertz CT molecular complexity index is 647. The minimum Gasteiger partial charge on any atom is -0.398 e. The van der Waals surface area contributed by atoms with Gasteiger partial charge in [0.25, 0.3) is 0 Å². The molecule has 5 heteroatoms. The molecule has 2 heterocycles. The predicted molar refractivity (Wildman–Crippen MR) is 78.4 cm³/mol. The average molecular weight is 270 g/mol. The van der Waals surface area contributed by atoms with Gasteiger partial charge in [0.05, 0.1) is 12.6 Å². The van der Waals surface area contributed by atoms with E-state index < -0.39 is 0 Å². The molecule has 3 rings (SSSR count). The molecule has 0 atom stereocenters. The molecule has 1 aromatic heterocycles. The number of rotatable bonds is 2. The van der Waals surface area contributed by atoms with Gasteiger partial charge in [-0.1, -0.05) is 6.07 Å². The Balaban J connectivity index is 1.85. The molecule has 1 aliphatic rings. The Labute approximate surface area is 118 Å². The van der Waals surface area contributed by atoms with Gasteiger partial charge in [-0.15, -0.1) is 0 Å². The van der Waals surface area contributed by atoms with E-state index in [1.807, 2.05) is 36.3 Å². The van der Waals surface area contributed by atoms with Crippen molar-refractivity contribution in [3.05, 3.63) is 41.7 Å². The molecule has 0 aliphatic carbocycles. The third-order valence-electron chi connectivity index (χ3n) is 3.70. The zero-order chi connectivity index (χ0) is 14.1. The monoisotopic (exact) mass is 270 g/mol. The van der Waals surface area contributed by atoms with Crippen LogP contribution in [-0.2, 0) is 24.7 Å². The van der Waals surface area contributed by atoms with Crippen molar-refractivity contribution in [2.24, 2.45) is 7.05 Å². The molecular weight excluding hydrogens is 252 g/mol. The molecule has 1 aromatic carbocycles. The van der Waals surface area contributed by atoms with E-state index in [1.54, 1.807) is 10.9 Å². The molecule has 0 spiro atoms. The average Bonchev–Trinajstić information content (AvgIpc) is 2.84. The number of hydrogen-bond acceptors (Lipinski definition) is 3. The number of benzene rings is 1. The maximum Gasteiger partial charge on any atom is 0.231 e. The summed E-state index contributed by atoms with van der Waals surface area (Å²) < 4.78 is 1.71. The molecule has 2 N–H and O–H groups in total. The van der Waals surface area contributed by atoms with Crippen LogP contribution < -0.4 is 10.6 Å². The summed E-state index contributed by atoms with van der Waals surface area (Å²) in [5, 5.41) is 4.10. The van der Waals surface area contributed by atoms with Crippen LogP contribution in [0.2, 0.25) is 0 Å². The number of hydrogen-bond donors (Lipinski definition) is 1. The first-order valence-electron chi connectivity index (χ1n) is 6.80. The molecule has 5 nitrogen and oxygen atoms in total. The normalized spacial score (nSPS) is 14.2. The fraction of sp³-hybridized carbons (Fsp3) is 0.333. The number of anilines is 2. The summed E-state index contributed by atoms with van der Waals surface area (Å²) in [6, 6.07) is 5.78. The minimum atomic E-state index is 0.101. The zero-order valence-corrected chi connectivity index (χ0v) is 11.5. The number of aryl methyl sites for hydroxylation is 1. The lowest BCUT2D eigenvalue weighted by Gasteiger charge is -2.30. The summed E-state index contributed by atoms with van der Waals surface area (Å²) in [6.45, 7) is 0.759. The first kappa shape index (κ1) is 12.7. The summed E-state index contributed by atoms with van der Waals surface area (Å²) in [5.74, 6) is 0.101. The van der Waals surface area contributed by atoms with Gasteiger partial charge in [0.1, 0.15) is 0 Å². The van der Waals surface area contributed by atoms with Gasteiger partial charge in [-0.3, -0.25) is 9.48 Å². The van der Waals surface area contributed by atoms with Crippen molar-refractivity contribution in [2.45, 2.75) is 19.3 Å². The van der Waals surface area contributed by atoms with E-state index in [9.17, 15) is 4.79 Å². The fourth-order valence-electron chi connectivity index (χ4n) is 2.74. The van der Waals surface area contributed by atoms with Crippen LogP contribution in [0.25, 0.3) is 0 Å². The second kappa shape index (κ2) is 5.00. The summed E-state index contributed by atoms with van der Waals surface area (Å²) in [4.78, 5) is 14.3. The molecule has 0 bridgehead atoms. The Hall–Kier alpha value is -2.30. The van der Waals surface area contributed by atoms with Gasteiger partial charge < -0.3 is 10.6 Å². The van der Waals surface area contributed by atoms with Gasteiger partial charge in [0.2, 0.25) is 5.91 Å². The van der Waals surface area contributed by atoms with Crippen molar-refractivity contribution >= 4 is 17.3 Å². The Kier molecular flexibility index (Phi) is 3.18. The Morgan fingerprint density at radius 3 is 3.05 bits per heavy atom. The van der Waals surface area contributed by atoms with Crippen LogP contribution >= 0.6 is 0 Å². The number of aromatic nitrogens is 2. The molecule has 0 unspecified atom stereocenters. The van der Waals surface area contributed by atoms with E-state index in [4.69, 9.17) is 5.73 Å². The highest BCUT2D eigenvalue weighted by Crippen LogP contribution is 2.31. The van der Waals surface area contributed by atoms with E-state index in [-0.39, 0.29) is 5.91 Å². The third kappa shape index (κ3) is 2.27. The number of fused-ring (bicyclic) bond motifs is 1.